The lowest BCUT2D eigenvalue weighted by molar-refractivity contribution is 0.519. The van der Waals surface area contributed by atoms with Crippen molar-refractivity contribution in [3.8, 4) is 0 Å². The maximum atomic E-state index is 9.90. The molecule has 3 N–H and O–H groups in total. The van der Waals surface area contributed by atoms with Gasteiger partial charge in [-0.25, -0.2) is 4.72 Å². The summed E-state index contributed by atoms with van der Waals surface area (Å²) in [6.07, 6.45) is 2.82. The largest absolute Gasteiger partial charge is 0.760 e. The van der Waals surface area contributed by atoms with Crippen LogP contribution in [-0.4, -0.2) is 35.9 Å². The molecule has 0 radical (unpaired) electrons. The van der Waals surface area contributed by atoms with E-state index in [1.807, 2.05) is 0 Å². The Hall–Kier alpha value is -1.47. The molecule has 0 amide bonds. The average Bonchev–Trinajstić information content (AvgIpc) is 2.54. The highest BCUT2D eigenvalue weighted by atomic mass is 32.2. The lowest BCUT2D eigenvalue weighted by atomic mass is 10.1. The van der Waals surface area contributed by atoms with Crippen LogP contribution in [0.15, 0.2) is 42.5 Å². The Bertz CT molecular complexity index is 600. The minimum absolute atomic E-state index is 0.524. The number of nitrogens with two attached hydrogens (primary N) is 1. The number of nitrogens with one attached hydrogen (secondary N) is 1. The summed E-state index contributed by atoms with van der Waals surface area (Å²) >= 11 is -2.10. The minimum Gasteiger partial charge on any atom is -0.760 e. The molecule has 0 saturated heterocycles. The summed E-state index contributed by atoms with van der Waals surface area (Å²) in [4.78, 5) is 2.14. The van der Waals surface area contributed by atoms with E-state index in [0.29, 0.717) is 13.1 Å². The van der Waals surface area contributed by atoms with Gasteiger partial charge in [-0.2, -0.15) is 0 Å². The highest BCUT2D eigenvalue weighted by molar-refractivity contribution is 7.77. The Kier molecular flexibility index (Phi) is 9.47. The molecule has 6 heteroatoms. The van der Waals surface area contributed by atoms with Crippen LogP contribution in [0.4, 0.5) is 5.69 Å². The molecule has 23 heavy (non-hydrogen) atoms. The molecule has 0 saturated carbocycles. The van der Waals surface area contributed by atoms with Crippen molar-refractivity contribution in [1.82, 2.24) is 4.72 Å². The Morgan fingerprint density at radius 2 is 1.78 bits per heavy atom. The molecule has 0 spiro atoms. The Morgan fingerprint density at radius 3 is 2.43 bits per heavy atom. The van der Waals surface area contributed by atoms with Gasteiger partial charge < -0.3 is 15.2 Å². The fourth-order valence-corrected chi connectivity index (χ4v) is 2.51. The van der Waals surface area contributed by atoms with E-state index in [1.54, 1.807) is 0 Å². The molecular formula is C17H26N3O2S-. The third kappa shape index (κ3) is 7.56. The monoisotopic (exact) mass is 336 g/mol. The molecule has 0 bridgehead atoms. The normalized spacial score (nSPS) is 11.7. The lowest BCUT2D eigenvalue weighted by Crippen LogP contribution is -2.17. The van der Waals surface area contributed by atoms with Gasteiger partial charge in [0.15, 0.2) is 0 Å². The van der Waals surface area contributed by atoms with Crippen LogP contribution >= 0.6 is 0 Å². The number of anilines is 1. The van der Waals surface area contributed by atoms with Crippen LogP contribution in [0.1, 0.15) is 19.3 Å². The van der Waals surface area contributed by atoms with Crippen LogP contribution in [0.2, 0.25) is 0 Å². The zero-order chi connectivity index (χ0) is 17.1. The van der Waals surface area contributed by atoms with Crippen LogP contribution in [0, 0.1) is 0 Å². The first-order chi connectivity index (χ1) is 11.1. The van der Waals surface area contributed by atoms with E-state index in [0.717, 1.165) is 19.3 Å². The van der Waals surface area contributed by atoms with Crippen LogP contribution < -0.4 is 15.4 Å². The van der Waals surface area contributed by atoms with Crippen molar-refractivity contribution in [3.05, 3.63) is 42.5 Å². The number of unbranched alkanes of at least 4 members (excludes halogenated alkanes) is 2. The zero-order valence-corrected chi connectivity index (χ0v) is 14.6. The average molecular weight is 336 g/mol. The van der Waals surface area contributed by atoms with Crippen molar-refractivity contribution < 1.29 is 8.76 Å². The van der Waals surface area contributed by atoms with E-state index in [4.69, 9.17) is 5.73 Å². The number of hydrogen-bond acceptors (Lipinski definition) is 4. The maximum Gasteiger partial charge on any atom is 0.0440 e. The fourth-order valence-electron chi connectivity index (χ4n) is 2.20. The second-order valence-corrected chi connectivity index (χ2v) is 6.13. The molecule has 5 nitrogen and oxygen atoms in total. The molecule has 1 atom stereocenters. The SMILES string of the molecule is CN(C)c1cccc2ccccc12.NCCCCCNS(=O)[O-]. The number of benzene rings is 2. The molecule has 2 aromatic carbocycles. The van der Waals surface area contributed by atoms with E-state index in [-0.39, 0.29) is 0 Å². The van der Waals surface area contributed by atoms with Crippen molar-refractivity contribution >= 4 is 27.7 Å². The van der Waals surface area contributed by atoms with Crippen molar-refractivity contribution in [1.29, 1.82) is 0 Å². The standard InChI is InChI=1S/C12H13N.C5H14N2O2S/c1-13(2)12-9-5-7-10-6-3-4-8-11(10)12;6-4-2-1-3-5-7-10(8)9/h3-9H,1-2H3;7H,1-6H2,(H,8,9)/p-1. The second kappa shape index (κ2) is 11.1. The van der Waals surface area contributed by atoms with Crippen LogP contribution in [0.3, 0.4) is 0 Å². The molecule has 1 unspecified atom stereocenters. The van der Waals surface area contributed by atoms with Crippen molar-refractivity contribution in [2.24, 2.45) is 5.73 Å². The summed E-state index contributed by atoms with van der Waals surface area (Å²) in [6.45, 7) is 1.20. The number of hydrogen-bond donors (Lipinski definition) is 2. The third-order valence-electron chi connectivity index (χ3n) is 3.35. The smallest absolute Gasteiger partial charge is 0.0440 e. The van der Waals surface area contributed by atoms with Crippen LogP contribution in [0.5, 0.6) is 0 Å². The number of rotatable bonds is 7. The molecule has 0 aromatic heterocycles. The third-order valence-corrected chi connectivity index (χ3v) is 3.79. The van der Waals surface area contributed by atoms with Gasteiger partial charge in [0.2, 0.25) is 0 Å². The topological polar surface area (TPSA) is 81.4 Å². The summed E-state index contributed by atoms with van der Waals surface area (Å²) in [7, 11) is 4.14. The van der Waals surface area contributed by atoms with Gasteiger partial charge in [0, 0.05) is 43.0 Å². The summed E-state index contributed by atoms with van der Waals surface area (Å²) in [5.74, 6) is 0. The number of nitrogens with zero attached hydrogens (tertiary/aromatic N) is 1. The van der Waals surface area contributed by atoms with Gasteiger partial charge in [-0.3, -0.25) is 4.21 Å². The molecule has 2 rings (SSSR count). The predicted molar refractivity (Wildman–Crippen MR) is 98.1 cm³/mol. The van der Waals surface area contributed by atoms with Gasteiger partial charge in [-0.05, 0) is 30.8 Å². The molecular weight excluding hydrogens is 310 g/mol. The summed E-state index contributed by atoms with van der Waals surface area (Å²) < 4.78 is 22.1. The molecule has 2 aromatic rings. The summed E-state index contributed by atoms with van der Waals surface area (Å²) in [6, 6.07) is 14.8. The van der Waals surface area contributed by atoms with Gasteiger partial charge in [0.1, 0.15) is 0 Å². The summed E-state index contributed by atoms with van der Waals surface area (Å²) in [5.41, 5.74) is 6.50. The Morgan fingerprint density at radius 1 is 1.09 bits per heavy atom. The first-order valence-electron chi connectivity index (χ1n) is 7.74. The highest BCUT2D eigenvalue weighted by Gasteiger charge is 1.99. The Labute approximate surface area is 141 Å². The van der Waals surface area contributed by atoms with Crippen LogP contribution in [0.25, 0.3) is 10.8 Å². The highest BCUT2D eigenvalue weighted by Crippen LogP contribution is 2.24. The molecule has 0 aliphatic carbocycles. The molecule has 0 heterocycles. The van der Waals surface area contributed by atoms with E-state index in [9.17, 15) is 8.76 Å². The summed E-state index contributed by atoms with van der Waals surface area (Å²) in [5, 5.41) is 2.61. The van der Waals surface area contributed by atoms with Gasteiger partial charge >= 0.3 is 0 Å². The Balaban J connectivity index is 0.000000241. The van der Waals surface area contributed by atoms with Crippen LogP contribution in [-0.2, 0) is 11.3 Å². The molecule has 0 fully saturated rings. The van der Waals surface area contributed by atoms with Gasteiger partial charge in [-0.1, -0.05) is 42.8 Å². The van der Waals surface area contributed by atoms with Crippen molar-refractivity contribution in [2.75, 3.05) is 32.1 Å². The van der Waals surface area contributed by atoms with Crippen molar-refractivity contribution in [3.63, 3.8) is 0 Å². The van der Waals surface area contributed by atoms with E-state index in [2.05, 4.69) is 66.2 Å². The van der Waals surface area contributed by atoms with Gasteiger partial charge in [0.05, 0.1) is 0 Å². The maximum absolute atomic E-state index is 9.90. The molecule has 0 aliphatic heterocycles. The second-order valence-electron chi connectivity index (χ2n) is 5.37. The minimum atomic E-state index is -2.10. The fraction of sp³-hybridized carbons (Fsp3) is 0.412. The first-order valence-corrected chi connectivity index (χ1v) is 8.81. The predicted octanol–water partition coefficient (Wildman–Crippen LogP) is 2.40. The number of fused-ring (bicyclic) bond motifs is 1. The quantitative estimate of drug-likeness (QED) is 0.601. The first kappa shape index (κ1) is 19.6. The van der Waals surface area contributed by atoms with E-state index >= 15 is 0 Å². The molecule has 128 valence electrons. The molecule has 0 aliphatic rings. The van der Waals surface area contributed by atoms with E-state index in [1.165, 1.54) is 16.5 Å². The van der Waals surface area contributed by atoms with E-state index < -0.39 is 11.3 Å². The zero-order valence-electron chi connectivity index (χ0n) is 13.8. The lowest BCUT2D eigenvalue weighted by Gasteiger charge is -2.14. The van der Waals surface area contributed by atoms with Gasteiger partial charge in [-0.15, -0.1) is 0 Å². The van der Waals surface area contributed by atoms with Crippen molar-refractivity contribution in [2.45, 2.75) is 19.3 Å². The van der Waals surface area contributed by atoms with Gasteiger partial charge in [0.25, 0.3) is 0 Å².